The number of nitrogens with zero attached hydrogens (tertiary/aromatic N) is 2. The van der Waals surface area contributed by atoms with Crippen LogP contribution in [0.3, 0.4) is 0 Å². The normalized spacial score (nSPS) is 23.6. The zero-order valence-corrected chi connectivity index (χ0v) is 9.52. The highest BCUT2D eigenvalue weighted by atomic mass is 16.7. The van der Waals surface area contributed by atoms with E-state index in [4.69, 9.17) is 0 Å². The van der Waals surface area contributed by atoms with Crippen LogP contribution in [0.4, 0.5) is 0 Å². The van der Waals surface area contributed by atoms with Gasteiger partial charge in [0.15, 0.2) is 0 Å². The quantitative estimate of drug-likeness (QED) is 0.449. The first-order chi connectivity index (χ1) is 7.84. The predicted molar refractivity (Wildman–Crippen MR) is 59.3 cm³/mol. The number of aliphatic hydroxyl groups excluding tert-OH is 1. The first kappa shape index (κ1) is 13.3. The van der Waals surface area contributed by atoms with E-state index in [1.54, 1.807) is 13.8 Å². The van der Waals surface area contributed by atoms with Crippen molar-refractivity contribution in [2.45, 2.75) is 25.6 Å². The van der Waals surface area contributed by atoms with E-state index in [1.807, 2.05) is 0 Å². The van der Waals surface area contributed by atoms with E-state index in [-0.39, 0.29) is 5.92 Å². The molecule has 2 unspecified atom stereocenters. The molecule has 1 aliphatic rings. The zero-order chi connectivity index (χ0) is 13.2. The standard InChI is InChI=1S/C10H14N2O5/c1-7(2)9(13)8-5-3-4-6-10(8,11(14)15)12(16)17/h3-9,13H,1-2H3. The Bertz CT molecular complexity index is 374. The lowest BCUT2D eigenvalue weighted by Crippen LogP contribution is -2.55. The van der Waals surface area contributed by atoms with Gasteiger partial charge in [-0.3, -0.25) is 20.2 Å². The topological polar surface area (TPSA) is 107 Å². The molecule has 0 radical (unpaired) electrons. The molecule has 0 saturated heterocycles. The number of rotatable bonds is 4. The van der Waals surface area contributed by atoms with Crippen molar-refractivity contribution in [1.29, 1.82) is 0 Å². The van der Waals surface area contributed by atoms with Gasteiger partial charge in [-0.2, -0.15) is 0 Å². The van der Waals surface area contributed by atoms with Gasteiger partial charge in [-0.25, -0.2) is 0 Å². The summed E-state index contributed by atoms with van der Waals surface area (Å²) < 4.78 is 0. The summed E-state index contributed by atoms with van der Waals surface area (Å²) in [7, 11) is 0. The average molecular weight is 242 g/mol. The summed E-state index contributed by atoms with van der Waals surface area (Å²) in [5, 5.41) is 31.9. The Kier molecular flexibility index (Phi) is 3.62. The molecule has 0 aliphatic heterocycles. The van der Waals surface area contributed by atoms with E-state index in [9.17, 15) is 25.3 Å². The second-order valence-corrected chi connectivity index (χ2v) is 4.30. The first-order valence-corrected chi connectivity index (χ1v) is 5.17. The van der Waals surface area contributed by atoms with Gasteiger partial charge in [-0.1, -0.05) is 32.1 Å². The highest BCUT2D eigenvalue weighted by Gasteiger charge is 2.63. The summed E-state index contributed by atoms with van der Waals surface area (Å²) in [6.45, 7) is 3.31. The van der Waals surface area contributed by atoms with Crippen LogP contribution in [0.2, 0.25) is 0 Å². The minimum absolute atomic E-state index is 0.310. The van der Waals surface area contributed by atoms with Crippen molar-refractivity contribution in [3.8, 4) is 0 Å². The van der Waals surface area contributed by atoms with E-state index in [0.717, 1.165) is 6.08 Å². The van der Waals surface area contributed by atoms with Gasteiger partial charge in [-0.05, 0) is 5.92 Å². The number of hydrogen-bond acceptors (Lipinski definition) is 5. The van der Waals surface area contributed by atoms with E-state index >= 15 is 0 Å². The number of hydrogen-bond donors (Lipinski definition) is 1. The molecule has 0 aromatic carbocycles. The van der Waals surface area contributed by atoms with E-state index in [2.05, 4.69) is 0 Å². The third kappa shape index (κ3) is 2.05. The molecule has 17 heavy (non-hydrogen) atoms. The number of aliphatic hydroxyl groups is 1. The molecule has 94 valence electrons. The van der Waals surface area contributed by atoms with Crippen molar-refractivity contribution in [2.24, 2.45) is 11.8 Å². The second kappa shape index (κ2) is 4.62. The third-order valence-corrected chi connectivity index (χ3v) is 2.90. The Morgan fingerprint density at radius 3 is 2.18 bits per heavy atom. The van der Waals surface area contributed by atoms with Gasteiger partial charge in [0, 0.05) is 0 Å². The molecule has 0 aromatic heterocycles. The minimum atomic E-state index is -2.47. The Labute approximate surface area is 97.7 Å². The fraction of sp³-hybridized carbons (Fsp3) is 0.600. The van der Waals surface area contributed by atoms with Crippen LogP contribution in [0.1, 0.15) is 13.8 Å². The first-order valence-electron chi connectivity index (χ1n) is 5.17. The van der Waals surface area contributed by atoms with Crippen LogP contribution in [-0.4, -0.2) is 26.7 Å². The second-order valence-electron chi connectivity index (χ2n) is 4.30. The van der Waals surface area contributed by atoms with E-state index in [1.165, 1.54) is 18.2 Å². The van der Waals surface area contributed by atoms with Crippen LogP contribution < -0.4 is 0 Å². The van der Waals surface area contributed by atoms with Crippen LogP contribution in [0, 0.1) is 32.1 Å². The molecule has 2 atom stereocenters. The fourth-order valence-electron chi connectivity index (χ4n) is 1.85. The molecule has 0 aromatic rings. The van der Waals surface area contributed by atoms with Crippen molar-refractivity contribution >= 4 is 0 Å². The molecular formula is C10H14N2O5. The van der Waals surface area contributed by atoms with Crippen molar-refractivity contribution < 1.29 is 15.0 Å². The van der Waals surface area contributed by atoms with E-state index < -0.39 is 27.5 Å². The summed E-state index contributed by atoms with van der Waals surface area (Å²) in [5.74, 6) is -1.48. The summed E-state index contributed by atoms with van der Waals surface area (Å²) in [4.78, 5) is 20.1. The maximum Gasteiger partial charge on any atom is 0.486 e. The van der Waals surface area contributed by atoms with Gasteiger partial charge < -0.3 is 5.11 Å². The summed E-state index contributed by atoms with van der Waals surface area (Å²) >= 11 is 0. The molecule has 0 fully saturated rings. The van der Waals surface area contributed by atoms with Crippen LogP contribution in [-0.2, 0) is 0 Å². The molecule has 0 bridgehead atoms. The molecular weight excluding hydrogens is 228 g/mol. The lowest BCUT2D eigenvalue weighted by Gasteiger charge is -2.28. The SMILES string of the molecule is CC(C)C(O)C1C=CC=CC1([N+](=O)[O-])[N+](=O)[O-]. The van der Waals surface area contributed by atoms with Crippen LogP contribution in [0.25, 0.3) is 0 Å². The minimum Gasteiger partial charge on any atom is -0.392 e. The molecule has 0 saturated carbocycles. The molecule has 7 nitrogen and oxygen atoms in total. The average Bonchev–Trinajstić information content (AvgIpc) is 2.27. The lowest BCUT2D eigenvalue weighted by atomic mass is 9.80. The molecule has 0 amide bonds. The maximum absolute atomic E-state index is 11.0. The van der Waals surface area contributed by atoms with Crippen molar-refractivity contribution in [1.82, 2.24) is 0 Å². The molecule has 7 heteroatoms. The fourth-order valence-corrected chi connectivity index (χ4v) is 1.85. The number of nitro groups is 2. The van der Waals surface area contributed by atoms with Crippen molar-refractivity contribution in [3.63, 3.8) is 0 Å². The summed E-state index contributed by atoms with van der Waals surface area (Å²) in [6, 6.07) is 0. The van der Waals surface area contributed by atoms with E-state index in [0.29, 0.717) is 0 Å². The summed E-state index contributed by atoms with van der Waals surface area (Å²) in [5.41, 5.74) is -2.47. The largest absolute Gasteiger partial charge is 0.486 e. The monoisotopic (exact) mass is 242 g/mol. The van der Waals surface area contributed by atoms with Crippen molar-refractivity contribution in [3.05, 3.63) is 44.5 Å². The smallest absolute Gasteiger partial charge is 0.392 e. The zero-order valence-electron chi connectivity index (χ0n) is 9.52. The molecule has 0 spiro atoms. The van der Waals surface area contributed by atoms with Crippen LogP contribution in [0.15, 0.2) is 24.3 Å². The Balaban J connectivity index is 3.25. The van der Waals surface area contributed by atoms with Gasteiger partial charge in [0.1, 0.15) is 15.8 Å². The summed E-state index contributed by atoms with van der Waals surface area (Å²) in [6.07, 6.45) is 3.82. The maximum atomic E-state index is 11.0. The predicted octanol–water partition coefficient (Wildman–Crippen LogP) is 0.995. The van der Waals surface area contributed by atoms with Gasteiger partial charge >= 0.3 is 5.66 Å². The van der Waals surface area contributed by atoms with Crippen molar-refractivity contribution in [2.75, 3.05) is 0 Å². The highest BCUT2D eigenvalue weighted by molar-refractivity contribution is 5.20. The van der Waals surface area contributed by atoms with Gasteiger partial charge in [0.2, 0.25) is 0 Å². The lowest BCUT2D eigenvalue weighted by molar-refractivity contribution is -0.790. The molecule has 0 heterocycles. The van der Waals surface area contributed by atoms with Crippen LogP contribution in [0.5, 0.6) is 0 Å². The molecule has 1 rings (SSSR count). The Hall–Kier alpha value is -1.76. The molecule has 1 aliphatic carbocycles. The molecule has 1 N–H and O–H groups in total. The third-order valence-electron chi connectivity index (χ3n) is 2.90. The van der Waals surface area contributed by atoms with Gasteiger partial charge in [-0.15, -0.1) is 0 Å². The van der Waals surface area contributed by atoms with Gasteiger partial charge in [0.05, 0.1) is 12.2 Å². The van der Waals surface area contributed by atoms with Crippen LogP contribution >= 0.6 is 0 Å². The van der Waals surface area contributed by atoms with Gasteiger partial charge in [0.25, 0.3) is 0 Å². The Morgan fingerprint density at radius 2 is 1.76 bits per heavy atom. The number of allylic oxidation sites excluding steroid dienone is 2. The Morgan fingerprint density at radius 1 is 1.24 bits per heavy atom. The highest BCUT2D eigenvalue weighted by Crippen LogP contribution is 2.33.